The third-order valence-electron chi connectivity index (χ3n) is 6.29. The molecule has 166 valence electrons. The zero-order valence-electron chi connectivity index (χ0n) is 18.9. The summed E-state index contributed by atoms with van der Waals surface area (Å²) in [6, 6.07) is 8.17. The molecule has 2 aliphatic rings. The van der Waals surface area contributed by atoms with Gasteiger partial charge in [0.15, 0.2) is 5.13 Å². The van der Waals surface area contributed by atoms with Crippen LogP contribution in [0.5, 0.6) is 0 Å². The molecule has 31 heavy (non-hydrogen) atoms. The van der Waals surface area contributed by atoms with Crippen molar-refractivity contribution in [1.82, 2.24) is 9.88 Å². The first kappa shape index (κ1) is 21.8. The fraction of sp³-hybridized carbons (Fsp3) is 0.542. The summed E-state index contributed by atoms with van der Waals surface area (Å²) in [5, 5.41) is 4.17. The Hall–Kier alpha value is -2.41. The van der Waals surface area contributed by atoms with E-state index in [1.54, 1.807) is 18.3 Å². The standard InChI is InChI=1S/C24H32N4O2S/c1-16(29)27-10-12-28(13-11-27)23-26-20-9-8-17(14-21(20)31-23)22(30)25-19-7-5-6-18(15-19)24(2,3)4/h5-7,15,17H,8-14H2,1-4H3,(H,25,30)/t17-/m1/s1. The number of carbonyl (C=O) groups is 2. The van der Waals surface area contributed by atoms with E-state index in [1.165, 1.54) is 10.4 Å². The Morgan fingerprint density at radius 1 is 1.16 bits per heavy atom. The van der Waals surface area contributed by atoms with E-state index in [2.05, 4.69) is 43.1 Å². The van der Waals surface area contributed by atoms with Crippen molar-refractivity contribution in [2.45, 2.75) is 52.4 Å². The van der Waals surface area contributed by atoms with Crippen LogP contribution in [0, 0.1) is 5.92 Å². The minimum atomic E-state index is -0.0198. The van der Waals surface area contributed by atoms with Crippen molar-refractivity contribution in [3.05, 3.63) is 40.4 Å². The highest BCUT2D eigenvalue weighted by Gasteiger charge is 2.29. The number of benzene rings is 1. The molecule has 0 spiro atoms. The second kappa shape index (κ2) is 8.61. The molecular formula is C24H32N4O2S. The maximum absolute atomic E-state index is 13.0. The average Bonchev–Trinajstić information content (AvgIpc) is 3.17. The molecule has 2 amide bonds. The molecule has 0 saturated carbocycles. The third kappa shape index (κ3) is 4.92. The first-order valence-corrected chi connectivity index (χ1v) is 11.9. The zero-order chi connectivity index (χ0) is 22.2. The minimum absolute atomic E-state index is 0.0198. The van der Waals surface area contributed by atoms with Crippen molar-refractivity contribution in [3.63, 3.8) is 0 Å². The molecular weight excluding hydrogens is 408 g/mol. The Balaban J connectivity index is 1.39. The number of hydrogen-bond acceptors (Lipinski definition) is 5. The first-order valence-electron chi connectivity index (χ1n) is 11.1. The van der Waals surface area contributed by atoms with Crippen LogP contribution in [0.1, 0.15) is 50.3 Å². The second-order valence-electron chi connectivity index (χ2n) is 9.62. The lowest BCUT2D eigenvalue weighted by molar-refractivity contribution is -0.129. The summed E-state index contributed by atoms with van der Waals surface area (Å²) in [5.41, 5.74) is 3.28. The van der Waals surface area contributed by atoms with Crippen molar-refractivity contribution in [2.75, 3.05) is 36.4 Å². The molecule has 0 radical (unpaired) electrons. The molecule has 1 atom stereocenters. The first-order chi connectivity index (χ1) is 14.7. The van der Waals surface area contributed by atoms with Gasteiger partial charge in [-0.05, 0) is 42.4 Å². The van der Waals surface area contributed by atoms with E-state index in [4.69, 9.17) is 4.98 Å². The molecule has 6 nitrogen and oxygen atoms in total. The summed E-state index contributed by atoms with van der Waals surface area (Å²) in [4.78, 5) is 34.8. The van der Waals surface area contributed by atoms with E-state index in [9.17, 15) is 9.59 Å². The maximum atomic E-state index is 13.0. The van der Waals surface area contributed by atoms with Gasteiger partial charge in [0.05, 0.1) is 5.69 Å². The lowest BCUT2D eigenvalue weighted by atomic mass is 9.87. The lowest BCUT2D eigenvalue weighted by Gasteiger charge is -2.33. The van der Waals surface area contributed by atoms with Gasteiger partial charge in [-0.3, -0.25) is 9.59 Å². The van der Waals surface area contributed by atoms with Crippen LogP contribution < -0.4 is 10.2 Å². The summed E-state index contributed by atoms with van der Waals surface area (Å²) < 4.78 is 0. The average molecular weight is 441 g/mol. The van der Waals surface area contributed by atoms with Crippen LogP contribution in [0.4, 0.5) is 10.8 Å². The summed E-state index contributed by atoms with van der Waals surface area (Å²) in [7, 11) is 0. The number of fused-ring (bicyclic) bond motifs is 1. The van der Waals surface area contributed by atoms with E-state index < -0.39 is 0 Å². The van der Waals surface area contributed by atoms with E-state index in [1.807, 2.05) is 17.0 Å². The zero-order valence-corrected chi connectivity index (χ0v) is 19.7. The van der Waals surface area contributed by atoms with Crippen molar-refractivity contribution in [2.24, 2.45) is 5.92 Å². The number of aryl methyl sites for hydroxylation is 1. The van der Waals surface area contributed by atoms with Crippen LogP contribution in [0.2, 0.25) is 0 Å². The Labute approximate surface area is 188 Å². The topological polar surface area (TPSA) is 65.5 Å². The van der Waals surface area contributed by atoms with Gasteiger partial charge >= 0.3 is 0 Å². The van der Waals surface area contributed by atoms with Crippen LogP contribution in [0.3, 0.4) is 0 Å². The molecule has 2 heterocycles. The molecule has 4 rings (SSSR count). The fourth-order valence-electron chi connectivity index (χ4n) is 4.24. The van der Waals surface area contributed by atoms with Gasteiger partial charge in [-0.1, -0.05) is 32.9 Å². The molecule has 1 N–H and O–H groups in total. The number of thiazole rings is 1. The monoisotopic (exact) mass is 440 g/mol. The molecule has 7 heteroatoms. The maximum Gasteiger partial charge on any atom is 0.227 e. The van der Waals surface area contributed by atoms with E-state index in [-0.39, 0.29) is 23.1 Å². The number of nitrogens with zero attached hydrogens (tertiary/aromatic N) is 3. The van der Waals surface area contributed by atoms with Gasteiger partial charge < -0.3 is 15.1 Å². The van der Waals surface area contributed by atoms with Crippen LogP contribution in [-0.2, 0) is 27.8 Å². The number of aromatic nitrogens is 1. The SMILES string of the molecule is CC(=O)N1CCN(c2nc3c(s2)C[C@H](C(=O)Nc2cccc(C(C)(C)C)c2)CC3)CC1. The molecule has 1 aliphatic carbocycles. The number of hydrogen-bond donors (Lipinski definition) is 1. The number of amides is 2. The second-order valence-corrected chi connectivity index (χ2v) is 10.7. The van der Waals surface area contributed by atoms with Crippen molar-refractivity contribution >= 4 is 34.0 Å². The molecule has 0 unspecified atom stereocenters. The van der Waals surface area contributed by atoms with E-state index in [0.717, 1.165) is 62.0 Å². The van der Waals surface area contributed by atoms with Gasteiger partial charge in [-0.2, -0.15) is 0 Å². The van der Waals surface area contributed by atoms with Gasteiger partial charge in [0.1, 0.15) is 0 Å². The van der Waals surface area contributed by atoms with Gasteiger partial charge in [0.25, 0.3) is 0 Å². The minimum Gasteiger partial charge on any atom is -0.345 e. The van der Waals surface area contributed by atoms with Crippen LogP contribution in [-0.4, -0.2) is 47.9 Å². The molecule has 1 aromatic carbocycles. The molecule has 0 bridgehead atoms. The normalized spacial score (nSPS) is 19.2. The molecule has 1 saturated heterocycles. The summed E-state index contributed by atoms with van der Waals surface area (Å²) in [6.45, 7) is 11.3. The van der Waals surface area contributed by atoms with Gasteiger partial charge in [-0.15, -0.1) is 11.3 Å². The van der Waals surface area contributed by atoms with Gasteiger partial charge in [-0.25, -0.2) is 4.98 Å². The summed E-state index contributed by atoms with van der Waals surface area (Å²) in [5.74, 6) is 0.218. The largest absolute Gasteiger partial charge is 0.345 e. The Morgan fingerprint density at radius 2 is 1.90 bits per heavy atom. The third-order valence-corrected chi connectivity index (χ3v) is 7.47. The predicted octanol–water partition coefficient (Wildman–Crippen LogP) is 3.85. The highest BCUT2D eigenvalue weighted by molar-refractivity contribution is 7.15. The van der Waals surface area contributed by atoms with Crippen molar-refractivity contribution in [3.8, 4) is 0 Å². The van der Waals surface area contributed by atoms with Crippen LogP contribution >= 0.6 is 11.3 Å². The number of piperazine rings is 1. The van der Waals surface area contributed by atoms with Crippen molar-refractivity contribution < 1.29 is 9.59 Å². The fourth-order valence-corrected chi connectivity index (χ4v) is 5.48. The molecule has 1 fully saturated rings. The Morgan fingerprint density at radius 3 is 2.58 bits per heavy atom. The number of rotatable bonds is 3. The Bertz CT molecular complexity index is 970. The highest BCUT2D eigenvalue weighted by Crippen LogP contribution is 2.35. The molecule has 1 aliphatic heterocycles. The lowest BCUT2D eigenvalue weighted by Crippen LogP contribution is -2.48. The van der Waals surface area contributed by atoms with E-state index in [0.29, 0.717) is 0 Å². The number of carbonyl (C=O) groups excluding carboxylic acids is 2. The van der Waals surface area contributed by atoms with Crippen molar-refractivity contribution in [1.29, 1.82) is 0 Å². The highest BCUT2D eigenvalue weighted by atomic mass is 32.1. The number of anilines is 2. The number of nitrogens with one attached hydrogen (secondary N) is 1. The Kier molecular flexibility index (Phi) is 6.06. The quantitative estimate of drug-likeness (QED) is 0.787. The molecule has 1 aromatic heterocycles. The summed E-state index contributed by atoms with van der Waals surface area (Å²) >= 11 is 1.72. The van der Waals surface area contributed by atoms with Crippen LogP contribution in [0.15, 0.2) is 24.3 Å². The van der Waals surface area contributed by atoms with Crippen LogP contribution in [0.25, 0.3) is 0 Å². The van der Waals surface area contributed by atoms with E-state index >= 15 is 0 Å². The molecule has 2 aromatic rings. The summed E-state index contributed by atoms with van der Waals surface area (Å²) in [6.07, 6.45) is 2.43. The predicted molar refractivity (Wildman–Crippen MR) is 126 cm³/mol. The smallest absolute Gasteiger partial charge is 0.227 e. The van der Waals surface area contributed by atoms with Gasteiger partial charge in [0, 0.05) is 49.6 Å². The van der Waals surface area contributed by atoms with Gasteiger partial charge in [0.2, 0.25) is 11.8 Å².